The molecular weight excluding hydrogens is 168 g/mol. The molecule has 1 N–H and O–H groups in total. The normalized spacial score (nSPS) is 16.1. The summed E-state index contributed by atoms with van der Waals surface area (Å²) in [5.41, 5.74) is 1.35. The largest absolute Gasteiger partial charge is 0.311 e. The van der Waals surface area contributed by atoms with E-state index in [1.54, 1.807) is 0 Å². The maximum atomic E-state index is 4.62. The summed E-state index contributed by atoms with van der Waals surface area (Å²) in [4.78, 5) is 6.08. The summed E-state index contributed by atoms with van der Waals surface area (Å²) in [5, 5.41) is 4.69. The molecule has 2 rings (SSSR count). The predicted octanol–water partition coefficient (Wildman–Crippen LogP) is 1.74. The van der Waals surface area contributed by atoms with Gasteiger partial charge in [0, 0.05) is 24.4 Å². The summed E-state index contributed by atoms with van der Waals surface area (Å²) in [5.74, 6) is 0. The van der Waals surface area contributed by atoms with Gasteiger partial charge in [0.15, 0.2) is 0 Å². The molecule has 0 atom stereocenters. The van der Waals surface area contributed by atoms with E-state index in [2.05, 4.69) is 17.2 Å². The van der Waals surface area contributed by atoms with Gasteiger partial charge in [-0.25, -0.2) is 4.98 Å². The van der Waals surface area contributed by atoms with Crippen LogP contribution in [0.25, 0.3) is 0 Å². The lowest BCUT2D eigenvalue weighted by molar-refractivity contribution is 0.642. The maximum Gasteiger partial charge on any atom is 0.0931 e. The van der Waals surface area contributed by atoms with Crippen LogP contribution in [0.1, 0.15) is 28.9 Å². The minimum absolute atomic E-state index is 1.04. The molecule has 0 aromatic carbocycles. The molecule has 0 amide bonds. The van der Waals surface area contributed by atoms with Crippen molar-refractivity contribution in [2.45, 2.75) is 32.7 Å². The number of thiazole rings is 1. The van der Waals surface area contributed by atoms with E-state index in [-0.39, 0.29) is 0 Å². The Morgan fingerprint density at radius 3 is 3.25 bits per heavy atom. The Morgan fingerprint density at radius 2 is 2.50 bits per heavy atom. The van der Waals surface area contributed by atoms with Crippen molar-refractivity contribution in [3.8, 4) is 0 Å². The second-order valence-electron chi connectivity index (χ2n) is 3.15. The van der Waals surface area contributed by atoms with Gasteiger partial charge in [0.2, 0.25) is 0 Å². The molecule has 0 unspecified atom stereocenters. The van der Waals surface area contributed by atoms with Gasteiger partial charge in [-0.2, -0.15) is 0 Å². The molecule has 0 saturated carbocycles. The highest BCUT2D eigenvalue weighted by atomic mass is 32.1. The Balaban J connectivity index is 2.20. The van der Waals surface area contributed by atoms with Crippen LogP contribution in [0.15, 0.2) is 0 Å². The zero-order valence-corrected chi connectivity index (χ0v) is 8.21. The lowest BCUT2D eigenvalue weighted by Gasteiger charge is -2.09. The van der Waals surface area contributed by atoms with Crippen molar-refractivity contribution in [3.63, 3.8) is 0 Å². The van der Waals surface area contributed by atoms with Gasteiger partial charge >= 0.3 is 0 Å². The monoisotopic (exact) mass is 182 g/mol. The standard InChI is InChI=1S/C9H14N2S/c1-2-3-9-11-7-4-5-10-6-8(7)12-9/h10H,2-6H2,1H3. The molecule has 1 aliphatic rings. The number of hydrogen-bond donors (Lipinski definition) is 1. The minimum atomic E-state index is 1.04. The number of rotatable bonds is 2. The molecule has 0 spiro atoms. The molecule has 3 heteroatoms. The molecule has 0 fully saturated rings. The molecule has 12 heavy (non-hydrogen) atoms. The van der Waals surface area contributed by atoms with Crippen molar-refractivity contribution in [3.05, 3.63) is 15.6 Å². The molecule has 66 valence electrons. The average molecular weight is 182 g/mol. The predicted molar refractivity (Wildman–Crippen MR) is 51.5 cm³/mol. The average Bonchev–Trinajstić information content (AvgIpc) is 2.47. The van der Waals surface area contributed by atoms with Gasteiger partial charge in [0.1, 0.15) is 0 Å². The van der Waals surface area contributed by atoms with Crippen molar-refractivity contribution >= 4 is 11.3 Å². The third-order valence-electron chi connectivity index (χ3n) is 2.11. The van der Waals surface area contributed by atoms with Crippen molar-refractivity contribution in [1.82, 2.24) is 10.3 Å². The molecule has 1 aromatic heterocycles. The summed E-state index contributed by atoms with van der Waals surface area (Å²) in [6, 6.07) is 0. The van der Waals surface area contributed by atoms with E-state index >= 15 is 0 Å². The highest BCUT2D eigenvalue weighted by Gasteiger charge is 2.13. The van der Waals surface area contributed by atoms with Gasteiger partial charge in [-0.3, -0.25) is 0 Å². The third kappa shape index (κ3) is 1.52. The van der Waals surface area contributed by atoms with E-state index in [4.69, 9.17) is 0 Å². The third-order valence-corrected chi connectivity index (χ3v) is 3.27. The summed E-state index contributed by atoms with van der Waals surface area (Å²) in [6.07, 6.45) is 3.48. The van der Waals surface area contributed by atoms with Crippen LogP contribution in [0.2, 0.25) is 0 Å². The van der Waals surface area contributed by atoms with E-state index in [0.717, 1.165) is 25.9 Å². The first-order valence-corrected chi connectivity index (χ1v) is 5.40. The lowest BCUT2D eigenvalue weighted by atomic mass is 10.2. The quantitative estimate of drug-likeness (QED) is 0.753. The molecule has 2 nitrogen and oxygen atoms in total. The number of hydrogen-bond acceptors (Lipinski definition) is 3. The van der Waals surface area contributed by atoms with Crippen molar-refractivity contribution in [2.24, 2.45) is 0 Å². The van der Waals surface area contributed by atoms with E-state index in [1.807, 2.05) is 11.3 Å². The molecule has 1 aromatic rings. The molecular formula is C9H14N2S. The van der Waals surface area contributed by atoms with Gasteiger partial charge in [0.05, 0.1) is 10.7 Å². The topological polar surface area (TPSA) is 24.9 Å². The molecule has 2 heterocycles. The van der Waals surface area contributed by atoms with Crippen LogP contribution in [0.3, 0.4) is 0 Å². The zero-order chi connectivity index (χ0) is 8.39. The van der Waals surface area contributed by atoms with E-state index in [1.165, 1.54) is 22.0 Å². The molecule has 0 radical (unpaired) electrons. The molecule has 0 bridgehead atoms. The van der Waals surface area contributed by atoms with Gasteiger partial charge in [-0.05, 0) is 12.8 Å². The van der Waals surface area contributed by atoms with E-state index < -0.39 is 0 Å². The van der Waals surface area contributed by atoms with Crippen LogP contribution < -0.4 is 5.32 Å². The Morgan fingerprint density at radius 1 is 1.58 bits per heavy atom. The number of nitrogens with zero attached hydrogens (tertiary/aromatic N) is 1. The smallest absolute Gasteiger partial charge is 0.0931 e. The van der Waals surface area contributed by atoms with Gasteiger partial charge in [-0.1, -0.05) is 6.92 Å². The first-order chi connectivity index (χ1) is 5.90. The SMILES string of the molecule is CCCc1nc2c(s1)CNCC2. The molecule has 0 aliphatic carbocycles. The number of fused-ring (bicyclic) bond motifs is 1. The Labute approximate surface area is 77.0 Å². The summed E-state index contributed by atoms with van der Waals surface area (Å²) in [6.45, 7) is 4.34. The number of aryl methyl sites for hydroxylation is 1. The van der Waals surface area contributed by atoms with Crippen LogP contribution in [-0.2, 0) is 19.4 Å². The van der Waals surface area contributed by atoms with Crippen LogP contribution in [0.5, 0.6) is 0 Å². The summed E-state index contributed by atoms with van der Waals surface area (Å²) < 4.78 is 0. The van der Waals surface area contributed by atoms with Crippen molar-refractivity contribution in [2.75, 3.05) is 6.54 Å². The van der Waals surface area contributed by atoms with Crippen LogP contribution in [0.4, 0.5) is 0 Å². The first kappa shape index (κ1) is 8.20. The van der Waals surface area contributed by atoms with Crippen LogP contribution >= 0.6 is 11.3 Å². The fraction of sp³-hybridized carbons (Fsp3) is 0.667. The highest BCUT2D eigenvalue weighted by molar-refractivity contribution is 7.11. The minimum Gasteiger partial charge on any atom is -0.311 e. The number of nitrogens with one attached hydrogen (secondary N) is 1. The Hall–Kier alpha value is -0.410. The highest BCUT2D eigenvalue weighted by Crippen LogP contribution is 2.22. The van der Waals surface area contributed by atoms with E-state index in [9.17, 15) is 0 Å². The first-order valence-electron chi connectivity index (χ1n) is 4.58. The van der Waals surface area contributed by atoms with Crippen LogP contribution in [-0.4, -0.2) is 11.5 Å². The van der Waals surface area contributed by atoms with Gasteiger partial charge in [-0.15, -0.1) is 11.3 Å². The van der Waals surface area contributed by atoms with Crippen molar-refractivity contribution < 1.29 is 0 Å². The maximum absolute atomic E-state index is 4.62. The van der Waals surface area contributed by atoms with Crippen LogP contribution in [0, 0.1) is 0 Å². The molecule has 0 saturated heterocycles. The number of aromatic nitrogens is 1. The van der Waals surface area contributed by atoms with Gasteiger partial charge in [0.25, 0.3) is 0 Å². The van der Waals surface area contributed by atoms with Gasteiger partial charge < -0.3 is 5.32 Å². The Kier molecular flexibility index (Phi) is 2.42. The summed E-state index contributed by atoms with van der Waals surface area (Å²) >= 11 is 1.89. The Bertz CT molecular complexity index is 244. The fourth-order valence-electron chi connectivity index (χ4n) is 1.50. The fourth-order valence-corrected chi connectivity index (χ4v) is 2.69. The summed E-state index contributed by atoms with van der Waals surface area (Å²) in [7, 11) is 0. The second-order valence-corrected chi connectivity index (χ2v) is 4.32. The second kappa shape index (κ2) is 3.54. The zero-order valence-electron chi connectivity index (χ0n) is 7.39. The van der Waals surface area contributed by atoms with E-state index in [0.29, 0.717) is 0 Å². The lowest BCUT2D eigenvalue weighted by Crippen LogP contribution is -2.22. The molecule has 1 aliphatic heterocycles. The van der Waals surface area contributed by atoms with Crippen molar-refractivity contribution in [1.29, 1.82) is 0 Å².